The summed E-state index contributed by atoms with van der Waals surface area (Å²) in [7, 11) is 0. The van der Waals surface area contributed by atoms with Crippen molar-refractivity contribution >= 4 is 11.9 Å². The van der Waals surface area contributed by atoms with E-state index in [4.69, 9.17) is 14.6 Å². The minimum atomic E-state index is -1.02. The van der Waals surface area contributed by atoms with Crippen molar-refractivity contribution in [2.45, 2.75) is 31.9 Å². The number of aryl methyl sites for hydroxylation is 1. The molecule has 7 nitrogen and oxygen atoms in total. The highest BCUT2D eigenvalue weighted by Gasteiger charge is 2.29. The number of amides is 1. The second kappa shape index (κ2) is 7.24. The average Bonchev–Trinajstić information content (AvgIpc) is 2.95. The number of hydrogen-bond donors (Lipinski definition) is 3. The van der Waals surface area contributed by atoms with Gasteiger partial charge in [-0.25, -0.2) is 4.79 Å². The topological polar surface area (TPSA) is 101 Å². The summed E-state index contributed by atoms with van der Waals surface area (Å²) in [6, 6.07) is 3.24. The molecule has 21 heavy (non-hydrogen) atoms. The van der Waals surface area contributed by atoms with Gasteiger partial charge in [-0.2, -0.15) is 0 Å². The Labute approximate surface area is 122 Å². The van der Waals surface area contributed by atoms with Crippen molar-refractivity contribution in [1.29, 1.82) is 0 Å². The summed E-state index contributed by atoms with van der Waals surface area (Å²) in [4.78, 5) is 25.8. The lowest BCUT2D eigenvalue weighted by atomic mass is 10.1. The van der Waals surface area contributed by atoms with Crippen molar-refractivity contribution < 1.29 is 24.2 Å². The van der Waals surface area contributed by atoms with Gasteiger partial charge in [0.2, 0.25) is 0 Å². The molecule has 2 rings (SSSR count). The fraction of sp³-hybridized carbons (Fsp3) is 0.571. The van der Waals surface area contributed by atoms with Crippen LogP contribution in [0.4, 0.5) is 0 Å². The molecular formula is C14H20N2O5. The SMILES string of the molecule is CCc1ccc(C(=O)N[C@@H]2COCC[C@@H]2OCC(=O)O)[nH]1. The van der Waals surface area contributed by atoms with E-state index in [1.165, 1.54) is 0 Å². The third kappa shape index (κ3) is 4.30. The van der Waals surface area contributed by atoms with Crippen LogP contribution in [0.1, 0.15) is 29.5 Å². The van der Waals surface area contributed by atoms with E-state index in [0.29, 0.717) is 25.3 Å². The fourth-order valence-corrected chi connectivity index (χ4v) is 2.26. The molecular weight excluding hydrogens is 276 g/mol. The van der Waals surface area contributed by atoms with E-state index in [9.17, 15) is 9.59 Å². The lowest BCUT2D eigenvalue weighted by molar-refractivity contribution is -0.147. The molecule has 1 amide bonds. The van der Waals surface area contributed by atoms with E-state index in [0.717, 1.165) is 12.1 Å². The number of aromatic amines is 1. The van der Waals surface area contributed by atoms with Crippen LogP contribution >= 0.6 is 0 Å². The van der Waals surface area contributed by atoms with Gasteiger partial charge in [0.15, 0.2) is 0 Å². The molecule has 0 aliphatic carbocycles. The number of carbonyl (C=O) groups is 2. The molecule has 7 heteroatoms. The predicted octanol–water partition coefficient (Wildman–Crippen LogP) is 0.566. The highest BCUT2D eigenvalue weighted by Crippen LogP contribution is 2.13. The van der Waals surface area contributed by atoms with Crippen molar-refractivity contribution in [3.05, 3.63) is 23.5 Å². The Morgan fingerprint density at radius 1 is 1.52 bits per heavy atom. The largest absolute Gasteiger partial charge is 0.480 e. The van der Waals surface area contributed by atoms with Gasteiger partial charge < -0.3 is 24.9 Å². The Morgan fingerprint density at radius 2 is 2.33 bits per heavy atom. The van der Waals surface area contributed by atoms with Crippen LogP contribution in [0, 0.1) is 0 Å². The van der Waals surface area contributed by atoms with Gasteiger partial charge in [-0.3, -0.25) is 4.79 Å². The number of carboxylic acids is 1. The quantitative estimate of drug-likeness (QED) is 0.712. The van der Waals surface area contributed by atoms with E-state index in [1.807, 2.05) is 13.0 Å². The van der Waals surface area contributed by atoms with Crippen LogP contribution < -0.4 is 5.32 Å². The van der Waals surface area contributed by atoms with Crippen molar-refractivity contribution in [3.8, 4) is 0 Å². The first kappa shape index (κ1) is 15.5. The lowest BCUT2D eigenvalue weighted by Crippen LogP contribution is -2.51. The molecule has 1 saturated heterocycles. The molecule has 1 aliphatic rings. The van der Waals surface area contributed by atoms with Gasteiger partial charge in [-0.15, -0.1) is 0 Å². The zero-order valence-electron chi connectivity index (χ0n) is 11.9. The number of nitrogens with one attached hydrogen (secondary N) is 2. The maximum absolute atomic E-state index is 12.2. The number of carbonyl (C=O) groups excluding carboxylic acids is 1. The molecule has 2 atom stereocenters. The smallest absolute Gasteiger partial charge is 0.329 e. The van der Waals surface area contributed by atoms with Crippen molar-refractivity contribution in [1.82, 2.24) is 10.3 Å². The molecule has 0 unspecified atom stereocenters. The lowest BCUT2D eigenvalue weighted by Gasteiger charge is -2.31. The summed E-state index contributed by atoms with van der Waals surface area (Å²) in [6.07, 6.45) is 1.03. The summed E-state index contributed by atoms with van der Waals surface area (Å²) < 4.78 is 10.6. The minimum Gasteiger partial charge on any atom is -0.480 e. The second-order valence-corrected chi connectivity index (χ2v) is 4.94. The van der Waals surface area contributed by atoms with Gasteiger partial charge in [0.05, 0.1) is 18.8 Å². The van der Waals surface area contributed by atoms with Crippen LogP contribution in [0.25, 0.3) is 0 Å². The van der Waals surface area contributed by atoms with E-state index in [2.05, 4.69) is 10.3 Å². The number of ether oxygens (including phenoxy) is 2. The van der Waals surface area contributed by atoms with Gasteiger partial charge in [0, 0.05) is 12.3 Å². The molecule has 0 radical (unpaired) electrons. The van der Waals surface area contributed by atoms with Crippen molar-refractivity contribution in [2.75, 3.05) is 19.8 Å². The summed E-state index contributed by atoms with van der Waals surface area (Å²) in [6.45, 7) is 2.44. The van der Waals surface area contributed by atoms with Gasteiger partial charge in [-0.05, 0) is 25.0 Å². The van der Waals surface area contributed by atoms with Gasteiger partial charge >= 0.3 is 5.97 Å². The van der Waals surface area contributed by atoms with Crippen molar-refractivity contribution in [2.24, 2.45) is 0 Å². The second-order valence-electron chi connectivity index (χ2n) is 4.94. The van der Waals surface area contributed by atoms with Gasteiger partial charge in [-0.1, -0.05) is 6.92 Å². The molecule has 0 saturated carbocycles. The first-order chi connectivity index (χ1) is 10.1. The maximum atomic E-state index is 12.2. The fourth-order valence-electron chi connectivity index (χ4n) is 2.26. The van der Waals surface area contributed by atoms with Crippen LogP contribution in [0.3, 0.4) is 0 Å². The first-order valence-corrected chi connectivity index (χ1v) is 7.00. The molecule has 0 aromatic carbocycles. The monoisotopic (exact) mass is 296 g/mol. The molecule has 0 bridgehead atoms. The van der Waals surface area contributed by atoms with Crippen LogP contribution in [-0.2, 0) is 20.7 Å². The van der Waals surface area contributed by atoms with E-state index < -0.39 is 5.97 Å². The Kier molecular flexibility index (Phi) is 5.35. The Hall–Kier alpha value is -1.86. The molecule has 3 N–H and O–H groups in total. The zero-order chi connectivity index (χ0) is 15.2. The summed E-state index contributed by atoms with van der Waals surface area (Å²) in [5.74, 6) is -1.27. The molecule has 1 aromatic rings. The maximum Gasteiger partial charge on any atom is 0.329 e. The van der Waals surface area contributed by atoms with Crippen LogP contribution in [-0.4, -0.2) is 53.9 Å². The molecule has 1 aromatic heterocycles. The van der Waals surface area contributed by atoms with E-state index >= 15 is 0 Å². The number of carboxylic acid groups (broad SMARTS) is 1. The van der Waals surface area contributed by atoms with Crippen LogP contribution in [0.2, 0.25) is 0 Å². The number of rotatable bonds is 6. The third-order valence-corrected chi connectivity index (χ3v) is 3.40. The summed E-state index contributed by atoms with van der Waals surface area (Å²) in [5, 5.41) is 11.5. The Balaban J connectivity index is 1.94. The molecule has 2 heterocycles. The highest BCUT2D eigenvalue weighted by molar-refractivity contribution is 5.92. The standard InChI is InChI=1S/C14H20N2O5/c1-2-9-3-4-10(15-9)14(19)16-11-7-20-6-5-12(11)21-8-13(17)18/h3-4,11-12,15H,2,5-8H2,1H3,(H,16,19)(H,17,18)/t11-,12+/m1/s1. The molecule has 1 fully saturated rings. The number of hydrogen-bond acceptors (Lipinski definition) is 4. The number of aliphatic carboxylic acids is 1. The average molecular weight is 296 g/mol. The zero-order valence-corrected chi connectivity index (χ0v) is 11.9. The first-order valence-electron chi connectivity index (χ1n) is 7.00. The summed E-state index contributed by atoms with van der Waals surface area (Å²) >= 11 is 0. The normalized spacial score (nSPS) is 22.0. The van der Waals surface area contributed by atoms with E-state index in [1.54, 1.807) is 6.07 Å². The minimum absolute atomic E-state index is 0.242. The predicted molar refractivity (Wildman–Crippen MR) is 74.2 cm³/mol. The van der Waals surface area contributed by atoms with Crippen LogP contribution in [0.5, 0.6) is 0 Å². The molecule has 1 aliphatic heterocycles. The highest BCUT2D eigenvalue weighted by atomic mass is 16.5. The molecule has 0 spiro atoms. The number of H-pyrrole nitrogens is 1. The Bertz CT molecular complexity index is 499. The number of aromatic nitrogens is 1. The van der Waals surface area contributed by atoms with Crippen LogP contribution in [0.15, 0.2) is 12.1 Å². The molecule has 116 valence electrons. The van der Waals surface area contributed by atoms with E-state index in [-0.39, 0.29) is 24.7 Å². The van der Waals surface area contributed by atoms with Gasteiger partial charge in [0.1, 0.15) is 12.3 Å². The Morgan fingerprint density at radius 3 is 3.00 bits per heavy atom. The third-order valence-electron chi connectivity index (χ3n) is 3.40. The summed E-state index contributed by atoms with van der Waals surface area (Å²) in [5.41, 5.74) is 1.47. The van der Waals surface area contributed by atoms with Gasteiger partial charge in [0.25, 0.3) is 5.91 Å². The van der Waals surface area contributed by atoms with Crippen molar-refractivity contribution in [3.63, 3.8) is 0 Å².